The lowest BCUT2D eigenvalue weighted by molar-refractivity contribution is -0.123. The molecule has 132 valence electrons. The van der Waals surface area contributed by atoms with Crippen molar-refractivity contribution in [3.05, 3.63) is 35.6 Å². The van der Waals surface area contributed by atoms with Crippen molar-refractivity contribution >= 4 is 5.91 Å². The summed E-state index contributed by atoms with van der Waals surface area (Å²) in [5.74, 6) is 2.20. The molecular formula is C19H22FN3O2. The van der Waals surface area contributed by atoms with Crippen LogP contribution in [0.15, 0.2) is 34.5 Å². The first-order valence-corrected chi connectivity index (χ1v) is 8.66. The topological polar surface area (TPSA) is 63.0 Å². The summed E-state index contributed by atoms with van der Waals surface area (Å²) in [7, 11) is 0. The zero-order chi connectivity index (χ0) is 17.7. The van der Waals surface area contributed by atoms with Crippen molar-refractivity contribution in [3.8, 4) is 12.3 Å². The highest BCUT2D eigenvalue weighted by molar-refractivity contribution is 5.76. The summed E-state index contributed by atoms with van der Waals surface area (Å²) in [6.45, 7) is 0.686. The summed E-state index contributed by atoms with van der Waals surface area (Å²) in [5.41, 5.74) is 0.392. The van der Waals surface area contributed by atoms with Crippen molar-refractivity contribution in [2.75, 3.05) is 6.61 Å². The lowest BCUT2D eigenvalue weighted by Crippen LogP contribution is -2.36. The number of carbonyl (C=O) groups is 1. The minimum absolute atomic E-state index is 0.0813. The van der Waals surface area contributed by atoms with Crippen LogP contribution in [0, 0.1) is 18.2 Å². The number of ether oxygens (including phenoxy) is 1. The van der Waals surface area contributed by atoms with Gasteiger partial charge in [0, 0.05) is 32.3 Å². The lowest BCUT2D eigenvalue weighted by Gasteiger charge is -2.25. The van der Waals surface area contributed by atoms with Crippen LogP contribution in [0.25, 0.3) is 0 Å². The number of benzene rings is 1. The van der Waals surface area contributed by atoms with E-state index in [0.717, 1.165) is 18.4 Å². The maximum Gasteiger partial charge on any atom is 0.220 e. The number of hydrogen-bond donors (Lipinski definition) is 1. The molecule has 6 heteroatoms. The average Bonchev–Trinajstić information content (AvgIpc) is 3.18. The van der Waals surface area contributed by atoms with E-state index in [1.54, 1.807) is 12.1 Å². The molecule has 1 aromatic carbocycles. The van der Waals surface area contributed by atoms with Gasteiger partial charge in [-0.2, -0.15) is 10.2 Å². The maximum absolute atomic E-state index is 13.2. The van der Waals surface area contributed by atoms with Gasteiger partial charge in [-0.05, 0) is 30.5 Å². The predicted molar refractivity (Wildman–Crippen MR) is 91.1 cm³/mol. The minimum Gasteiger partial charge on any atom is -0.376 e. The first-order chi connectivity index (χ1) is 12.1. The largest absolute Gasteiger partial charge is 0.376 e. The highest BCUT2D eigenvalue weighted by Gasteiger charge is 2.39. The van der Waals surface area contributed by atoms with Gasteiger partial charge >= 0.3 is 0 Å². The number of halogens is 1. The van der Waals surface area contributed by atoms with Crippen molar-refractivity contribution in [2.45, 2.75) is 56.3 Å². The first-order valence-electron chi connectivity index (χ1n) is 8.66. The fraction of sp³-hybridized carbons (Fsp3) is 0.526. The molecule has 2 unspecified atom stereocenters. The van der Waals surface area contributed by atoms with Gasteiger partial charge in [-0.15, -0.1) is 12.3 Å². The summed E-state index contributed by atoms with van der Waals surface area (Å²) in [6.07, 6.45) is 9.19. The van der Waals surface area contributed by atoms with E-state index < -0.39 is 5.66 Å². The van der Waals surface area contributed by atoms with Crippen LogP contribution in [-0.4, -0.2) is 24.3 Å². The van der Waals surface area contributed by atoms with Gasteiger partial charge in [-0.25, -0.2) is 4.39 Å². The van der Waals surface area contributed by atoms with Gasteiger partial charge in [-0.3, -0.25) is 4.79 Å². The molecule has 0 radical (unpaired) electrons. The Morgan fingerprint density at radius 1 is 1.40 bits per heavy atom. The first kappa shape index (κ1) is 17.6. The normalized spacial score (nSPS) is 21.5. The summed E-state index contributed by atoms with van der Waals surface area (Å²) >= 11 is 0. The number of nitrogens with zero attached hydrogens (tertiary/aromatic N) is 2. The van der Waals surface area contributed by atoms with E-state index in [0.29, 0.717) is 32.3 Å². The van der Waals surface area contributed by atoms with E-state index in [2.05, 4.69) is 21.5 Å². The monoisotopic (exact) mass is 343 g/mol. The van der Waals surface area contributed by atoms with E-state index in [9.17, 15) is 9.18 Å². The zero-order valence-electron chi connectivity index (χ0n) is 14.1. The Bertz CT molecular complexity index is 669. The molecule has 1 aromatic rings. The number of amides is 1. The van der Waals surface area contributed by atoms with Crippen LogP contribution in [0.5, 0.6) is 0 Å². The zero-order valence-corrected chi connectivity index (χ0v) is 14.1. The average molecular weight is 343 g/mol. The molecule has 0 spiro atoms. The van der Waals surface area contributed by atoms with E-state index in [1.165, 1.54) is 12.1 Å². The molecule has 0 aromatic heterocycles. The maximum atomic E-state index is 13.2. The third-order valence-electron chi connectivity index (χ3n) is 4.69. The molecule has 0 saturated carbocycles. The van der Waals surface area contributed by atoms with Gasteiger partial charge in [0.1, 0.15) is 5.82 Å². The van der Waals surface area contributed by atoms with Crippen molar-refractivity contribution in [1.82, 2.24) is 5.32 Å². The second-order valence-electron chi connectivity index (χ2n) is 6.53. The number of rotatable bonds is 8. The van der Waals surface area contributed by atoms with Crippen LogP contribution in [0.4, 0.5) is 4.39 Å². The van der Waals surface area contributed by atoms with E-state index in [1.807, 2.05) is 0 Å². The number of nitrogens with one attached hydrogen (secondary N) is 1. The van der Waals surface area contributed by atoms with E-state index in [-0.39, 0.29) is 23.9 Å². The third-order valence-corrected chi connectivity index (χ3v) is 4.69. The van der Waals surface area contributed by atoms with Crippen molar-refractivity contribution in [2.24, 2.45) is 10.2 Å². The van der Waals surface area contributed by atoms with Gasteiger partial charge in [0.2, 0.25) is 5.91 Å². The molecule has 2 aliphatic rings. The molecule has 1 amide bonds. The van der Waals surface area contributed by atoms with Crippen molar-refractivity contribution in [3.63, 3.8) is 0 Å². The Kier molecular flexibility index (Phi) is 5.44. The summed E-state index contributed by atoms with van der Waals surface area (Å²) < 4.78 is 18.9. The van der Waals surface area contributed by atoms with Crippen molar-refractivity contribution in [1.29, 1.82) is 0 Å². The summed E-state index contributed by atoms with van der Waals surface area (Å²) in [6, 6.07) is 5.93. The highest BCUT2D eigenvalue weighted by atomic mass is 19.1. The molecular weight excluding hydrogens is 321 g/mol. The van der Waals surface area contributed by atoms with Crippen LogP contribution < -0.4 is 5.32 Å². The molecule has 2 aliphatic heterocycles. The molecule has 1 fully saturated rings. The Balaban J connectivity index is 1.59. The third kappa shape index (κ3) is 4.64. The fourth-order valence-corrected chi connectivity index (χ4v) is 3.15. The molecule has 3 rings (SSSR count). The second-order valence-corrected chi connectivity index (χ2v) is 6.53. The van der Waals surface area contributed by atoms with Crippen LogP contribution in [0.2, 0.25) is 0 Å². The van der Waals surface area contributed by atoms with Crippen LogP contribution in [0.1, 0.15) is 50.1 Å². The Morgan fingerprint density at radius 3 is 2.76 bits per heavy atom. The van der Waals surface area contributed by atoms with E-state index >= 15 is 0 Å². The molecule has 0 aliphatic carbocycles. The molecule has 1 saturated heterocycles. The molecule has 25 heavy (non-hydrogen) atoms. The summed E-state index contributed by atoms with van der Waals surface area (Å²) in [5, 5.41) is 11.1. The predicted octanol–water partition coefficient (Wildman–Crippen LogP) is 3.52. The van der Waals surface area contributed by atoms with Gasteiger partial charge in [0.25, 0.3) is 0 Å². The number of terminal acetylenes is 1. The molecule has 1 N–H and O–H groups in total. The minimum atomic E-state index is -0.459. The highest BCUT2D eigenvalue weighted by Crippen LogP contribution is 2.37. The van der Waals surface area contributed by atoms with Crippen LogP contribution in [-0.2, 0) is 9.53 Å². The van der Waals surface area contributed by atoms with Crippen LogP contribution in [0.3, 0.4) is 0 Å². The van der Waals surface area contributed by atoms with Gasteiger partial charge in [0.05, 0.1) is 12.1 Å². The standard InChI is InChI=1S/C19H22FN3O2/c1-2-3-11-19(22-23-19)12-10-17(24)21-18(16-5-4-13-25-16)14-6-8-15(20)9-7-14/h1,6-9,16,18H,3-5,10-13H2,(H,21,24). The number of carbonyl (C=O) groups excluding carboxylic acids is 1. The molecule has 0 bridgehead atoms. The molecule has 2 atom stereocenters. The fourth-order valence-electron chi connectivity index (χ4n) is 3.15. The Labute approximate surface area is 147 Å². The molecule has 2 heterocycles. The second kappa shape index (κ2) is 7.75. The lowest BCUT2D eigenvalue weighted by atomic mass is 9.98. The van der Waals surface area contributed by atoms with Crippen molar-refractivity contribution < 1.29 is 13.9 Å². The van der Waals surface area contributed by atoms with Gasteiger partial charge < -0.3 is 10.1 Å². The van der Waals surface area contributed by atoms with E-state index in [4.69, 9.17) is 11.2 Å². The van der Waals surface area contributed by atoms with Gasteiger partial charge in [-0.1, -0.05) is 12.1 Å². The van der Waals surface area contributed by atoms with Crippen LogP contribution >= 0.6 is 0 Å². The van der Waals surface area contributed by atoms with Gasteiger partial charge in [0.15, 0.2) is 5.66 Å². The quantitative estimate of drug-likeness (QED) is 0.734. The Morgan fingerprint density at radius 2 is 2.16 bits per heavy atom. The Hall–Kier alpha value is -2.26. The SMILES string of the molecule is C#CCCC1(CCC(=O)NC(c2ccc(F)cc2)C2CCCO2)N=N1. The number of hydrogen-bond acceptors (Lipinski definition) is 4. The molecule has 5 nitrogen and oxygen atoms in total. The summed E-state index contributed by atoms with van der Waals surface area (Å²) in [4.78, 5) is 12.4. The smallest absolute Gasteiger partial charge is 0.220 e.